The van der Waals surface area contributed by atoms with E-state index in [4.69, 9.17) is 0 Å². The molecule has 0 spiro atoms. The summed E-state index contributed by atoms with van der Waals surface area (Å²) in [5, 5.41) is 10.1. The molecule has 1 aromatic rings. The highest BCUT2D eigenvalue weighted by Crippen LogP contribution is 2.15. The lowest BCUT2D eigenvalue weighted by atomic mass is 10.1. The van der Waals surface area contributed by atoms with Crippen molar-refractivity contribution in [2.45, 2.75) is 24.5 Å². The number of aliphatic carboxylic acids is 1. The van der Waals surface area contributed by atoms with Crippen LogP contribution in [0.2, 0.25) is 0 Å². The minimum atomic E-state index is -0.781. The van der Waals surface area contributed by atoms with Gasteiger partial charge in [0.15, 0.2) is 11.2 Å². The van der Waals surface area contributed by atoms with Crippen molar-refractivity contribution in [1.29, 1.82) is 0 Å². The Balaban J connectivity index is 2.76. The Labute approximate surface area is 106 Å². The minimum absolute atomic E-state index is 0.393. The molecule has 1 atom stereocenters. The maximum atomic E-state index is 11.2. The Bertz CT molecular complexity index is 384. The van der Waals surface area contributed by atoms with Crippen LogP contribution in [0.1, 0.15) is 12.6 Å². The minimum Gasteiger partial charge on any atom is -0.477 e. The summed E-state index contributed by atoms with van der Waals surface area (Å²) in [6.45, 7) is 2.05. The molecule has 96 valence electrons. The highest BCUT2D eigenvalue weighted by Gasteiger charge is 2.31. The van der Waals surface area contributed by atoms with E-state index in [9.17, 15) is 9.90 Å². The normalized spacial score (nSPS) is 13.6. The van der Waals surface area contributed by atoms with Gasteiger partial charge in [0, 0.05) is 11.9 Å². The molecule has 0 saturated carbocycles. The predicted molar refractivity (Wildman–Crippen MR) is 68.1 cm³/mol. The van der Waals surface area contributed by atoms with Gasteiger partial charge >= 0.3 is 5.97 Å². The second-order valence-electron chi connectivity index (χ2n) is 4.82. The fraction of sp³-hybridized carbons (Fsp3) is 0.636. The van der Waals surface area contributed by atoms with E-state index in [0.29, 0.717) is 10.9 Å². The van der Waals surface area contributed by atoms with E-state index in [-0.39, 0.29) is 0 Å². The van der Waals surface area contributed by atoms with Gasteiger partial charge < -0.3 is 14.6 Å². The van der Waals surface area contributed by atoms with E-state index in [1.807, 2.05) is 21.1 Å². The van der Waals surface area contributed by atoms with Crippen molar-refractivity contribution in [3.8, 4) is 0 Å². The molecule has 1 aromatic heterocycles. The Hall–Kier alpha value is -1.01. The Morgan fingerprint density at radius 3 is 2.71 bits per heavy atom. The molecule has 1 heterocycles. The average molecular weight is 258 g/mol. The van der Waals surface area contributed by atoms with Gasteiger partial charge in [-0.1, -0.05) is 18.7 Å². The van der Waals surface area contributed by atoms with Crippen LogP contribution < -0.4 is 0 Å². The monoisotopic (exact) mass is 258 g/mol. The topological polar surface area (TPSA) is 66.0 Å². The molecule has 0 radical (unpaired) electrons. The van der Waals surface area contributed by atoms with Crippen molar-refractivity contribution in [1.82, 2.24) is 9.97 Å². The molecule has 17 heavy (non-hydrogen) atoms. The fourth-order valence-corrected chi connectivity index (χ4v) is 2.16. The molecule has 0 fully saturated rings. The molecule has 0 bridgehead atoms. The molecular formula is C11H20N3O2S+. The summed E-state index contributed by atoms with van der Waals surface area (Å²) in [7, 11) is 5.66. The Kier molecular flexibility index (Phi) is 4.59. The highest BCUT2D eigenvalue weighted by molar-refractivity contribution is 7.99. The number of carboxylic acid groups (broad SMARTS) is 1. The van der Waals surface area contributed by atoms with E-state index in [1.54, 1.807) is 18.0 Å². The lowest BCUT2D eigenvalue weighted by Crippen LogP contribution is -2.51. The maximum Gasteiger partial charge on any atom is 0.362 e. The summed E-state index contributed by atoms with van der Waals surface area (Å²) in [6, 6.07) is -0.463. The van der Waals surface area contributed by atoms with E-state index in [0.717, 1.165) is 16.6 Å². The number of carbonyl (C=O) groups is 1. The summed E-state index contributed by atoms with van der Waals surface area (Å²) >= 11 is 1.62. The van der Waals surface area contributed by atoms with E-state index in [1.165, 1.54) is 0 Å². The molecular weight excluding hydrogens is 238 g/mol. The predicted octanol–water partition coefficient (Wildman–Crippen LogP) is 1.22. The van der Waals surface area contributed by atoms with Gasteiger partial charge in [-0.3, -0.25) is 0 Å². The van der Waals surface area contributed by atoms with Crippen LogP contribution in [0.3, 0.4) is 0 Å². The van der Waals surface area contributed by atoms with Crippen molar-refractivity contribution in [3.05, 3.63) is 11.9 Å². The lowest BCUT2D eigenvalue weighted by Gasteiger charge is -2.30. The molecule has 5 nitrogen and oxygen atoms in total. The number of hydrogen-bond donors (Lipinski definition) is 2. The summed E-state index contributed by atoms with van der Waals surface area (Å²) in [5.41, 5.74) is 0.876. The van der Waals surface area contributed by atoms with Gasteiger partial charge in [-0.15, -0.1) is 0 Å². The number of thioether (sulfide) groups is 1. The first kappa shape index (κ1) is 14.1. The maximum absolute atomic E-state index is 11.2. The number of quaternary nitrogens is 1. The molecule has 0 unspecified atom stereocenters. The number of aromatic amines is 1. The smallest absolute Gasteiger partial charge is 0.362 e. The van der Waals surface area contributed by atoms with Crippen molar-refractivity contribution >= 4 is 17.7 Å². The van der Waals surface area contributed by atoms with Crippen molar-refractivity contribution < 1.29 is 14.4 Å². The molecule has 2 N–H and O–H groups in total. The zero-order valence-electron chi connectivity index (χ0n) is 10.7. The molecule has 1 rings (SSSR count). The van der Waals surface area contributed by atoms with E-state index >= 15 is 0 Å². The average Bonchev–Trinajstić information content (AvgIpc) is 2.60. The highest BCUT2D eigenvalue weighted by atomic mass is 32.2. The van der Waals surface area contributed by atoms with Gasteiger partial charge in [0.25, 0.3) is 0 Å². The number of imidazole rings is 1. The number of likely N-dealkylation sites (N-methyl/N-ethyl adjacent to an activating group) is 1. The van der Waals surface area contributed by atoms with Crippen LogP contribution in [0, 0.1) is 0 Å². The second kappa shape index (κ2) is 5.55. The largest absolute Gasteiger partial charge is 0.477 e. The van der Waals surface area contributed by atoms with Gasteiger partial charge in [-0.05, 0) is 5.75 Å². The molecule has 0 aliphatic carbocycles. The molecule has 0 amide bonds. The van der Waals surface area contributed by atoms with Crippen LogP contribution in [0.25, 0.3) is 0 Å². The van der Waals surface area contributed by atoms with Gasteiger partial charge in [-0.25, -0.2) is 9.78 Å². The molecule has 0 aliphatic rings. The van der Waals surface area contributed by atoms with Crippen LogP contribution in [0.5, 0.6) is 0 Å². The van der Waals surface area contributed by atoms with Gasteiger partial charge in [-0.2, -0.15) is 0 Å². The standard InChI is InChI=1S/C11H19N3O2S/c1-5-17-11-12-7-8(13-11)6-9(10(15)16)14(2,3)4/h7,9H,5-6H2,1-4H3,(H-,12,13,15,16)/p+1/t9-/m0/s1. The summed E-state index contributed by atoms with van der Waals surface area (Å²) < 4.78 is 0.393. The van der Waals surface area contributed by atoms with Crippen LogP contribution in [-0.4, -0.2) is 58.5 Å². The number of rotatable bonds is 6. The molecule has 0 aromatic carbocycles. The second-order valence-corrected chi connectivity index (χ2v) is 6.07. The van der Waals surface area contributed by atoms with Crippen LogP contribution in [-0.2, 0) is 11.2 Å². The van der Waals surface area contributed by atoms with Crippen molar-refractivity contribution in [2.24, 2.45) is 0 Å². The van der Waals surface area contributed by atoms with Crippen LogP contribution >= 0.6 is 11.8 Å². The van der Waals surface area contributed by atoms with Crippen molar-refractivity contribution in [3.63, 3.8) is 0 Å². The third kappa shape index (κ3) is 4.05. The number of nitrogens with zero attached hydrogens (tertiary/aromatic N) is 2. The summed E-state index contributed by atoms with van der Waals surface area (Å²) in [6.07, 6.45) is 2.19. The molecule has 0 saturated heterocycles. The Morgan fingerprint density at radius 1 is 1.59 bits per heavy atom. The number of hydrogen-bond acceptors (Lipinski definition) is 3. The quantitative estimate of drug-likeness (QED) is 0.595. The van der Waals surface area contributed by atoms with Gasteiger partial charge in [0.05, 0.1) is 27.6 Å². The van der Waals surface area contributed by atoms with Crippen molar-refractivity contribution in [2.75, 3.05) is 26.9 Å². The van der Waals surface area contributed by atoms with Crippen LogP contribution in [0.15, 0.2) is 11.4 Å². The lowest BCUT2D eigenvalue weighted by molar-refractivity contribution is -0.887. The molecule has 6 heteroatoms. The third-order valence-corrected chi connectivity index (χ3v) is 3.29. The van der Waals surface area contributed by atoms with Gasteiger partial charge in [0.2, 0.25) is 0 Å². The third-order valence-electron chi connectivity index (χ3n) is 2.52. The zero-order valence-corrected chi connectivity index (χ0v) is 11.5. The first-order chi connectivity index (χ1) is 7.84. The SMILES string of the molecule is CCSc1ncc(C[C@@H](C(=O)O)[N+](C)(C)C)[nH]1. The summed E-state index contributed by atoms with van der Waals surface area (Å²) in [5.74, 6) is 0.168. The Morgan fingerprint density at radius 2 is 2.24 bits per heavy atom. The fourth-order valence-electron chi connectivity index (χ4n) is 1.55. The number of H-pyrrole nitrogens is 1. The van der Waals surface area contributed by atoms with E-state index in [2.05, 4.69) is 16.9 Å². The number of aromatic nitrogens is 2. The number of nitrogens with one attached hydrogen (secondary N) is 1. The molecule has 0 aliphatic heterocycles. The van der Waals surface area contributed by atoms with E-state index < -0.39 is 12.0 Å². The number of carboxylic acids is 1. The van der Waals surface area contributed by atoms with Crippen LogP contribution in [0.4, 0.5) is 0 Å². The first-order valence-corrected chi connectivity index (χ1v) is 6.53. The summed E-state index contributed by atoms with van der Waals surface area (Å²) in [4.78, 5) is 18.6. The zero-order chi connectivity index (χ0) is 13.1. The van der Waals surface area contributed by atoms with Gasteiger partial charge in [0.1, 0.15) is 0 Å². The first-order valence-electron chi connectivity index (χ1n) is 5.55.